The van der Waals surface area contributed by atoms with Crippen LogP contribution in [0.1, 0.15) is 16.7 Å². The van der Waals surface area contributed by atoms with Crippen LogP contribution in [-0.2, 0) is 23.1 Å². The summed E-state index contributed by atoms with van der Waals surface area (Å²) in [4.78, 5) is 11.8. The molecule has 4 aromatic rings. The van der Waals surface area contributed by atoms with Crippen molar-refractivity contribution in [3.63, 3.8) is 0 Å². The summed E-state index contributed by atoms with van der Waals surface area (Å²) in [7, 11) is 0. The zero-order valence-electron chi connectivity index (χ0n) is 16.1. The highest BCUT2D eigenvalue weighted by molar-refractivity contribution is 7.98. The SMILES string of the molecule is O=C(O)Cc1ccc(SCc2cccc3cn(-c4ccc(C(F)(F)F)cc4)nc23)cc1. The van der Waals surface area contributed by atoms with Gasteiger partial charge in [-0.2, -0.15) is 18.3 Å². The van der Waals surface area contributed by atoms with Crippen molar-refractivity contribution >= 4 is 28.6 Å². The highest BCUT2D eigenvalue weighted by Crippen LogP contribution is 2.31. The van der Waals surface area contributed by atoms with Crippen LogP contribution in [0, 0.1) is 0 Å². The first kappa shape index (κ1) is 21.0. The molecule has 4 rings (SSSR count). The molecule has 158 valence electrons. The Hall–Kier alpha value is -3.26. The zero-order valence-corrected chi connectivity index (χ0v) is 17.0. The Kier molecular flexibility index (Phi) is 5.73. The fraction of sp³-hybridized carbons (Fsp3) is 0.130. The van der Waals surface area contributed by atoms with E-state index in [9.17, 15) is 18.0 Å². The summed E-state index contributed by atoms with van der Waals surface area (Å²) < 4.78 is 40.0. The fourth-order valence-corrected chi connectivity index (χ4v) is 4.08. The van der Waals surface area contributed by atoms with E-state index in [0.29, 0.717) is 11.4 Å². The van der Waals surface area contributed by atoms with E-state index in [1.54, 1.807) is 34.8 Å². The first-order valence-corrected chi connectivity index (χ1v) is 10.4. The number of alkyl halides is 3. The summed E-state index contributed by atoms with van der Waals surface area (Å²) in [5, 5.41) is 14.3. The lowest BCUT2D eigenvalue weighted by molar-refractivity contribution is -0.138. The molecule has 0 bridgehead atoms. The van der Waals surface area contributed by atoms with Gasteiger partial charge in [0.05, 0.1) is 23.2 Å². The lowest BCUT2D eigenvalue weighted by atomic mass is 10.2. The molecular weight excluding hydrogens is 425 g/mol. The van der Waals surface area contributed by atoms with Gasteiger partial charge in [-0.1, -0.05) is 30.3 Å². The molecule has 0 fully saturated rings. The highest BCUT2D eigenvalue weighted by Gasteiger charge is 2.30. The number of thioether (sulfide) groups is 1. The molecule has 1 heterocycles. The van der Waals surface area contributed by atoms with Crippen LogP contribution in [0.2, 0.25) is 0 Å². The smallest absolute Gasteiger partial charge is 0.416 e. The molecule has 0 aliphatic rings. The van der Waals surface area contributed by atoms with Gasteiger partial charge >= 0.3 is 12.1 Å². The minimum absolute atomic E-state index is 0.00829. The Balaban J connectivity index is 1.53. The van der Waals surface area contributed by atoms with Gasteiger partial charge in [-0.3, -0.25) is 4.79 Å². The van der Waals surface area contributed by atoms with Gasteiger partial charge in [0.1, 0.15) is 0 Å². The molecule has 0 atom stereocenters. The number of carboxylic acids is 1. The summed E-state index contributed by atoms with van der Waals surface area (Å²) in [6, 6.07) is 18.1. The van der Waals surface area contributed by atoms with Crippen LogP contribution in [0.15, 0.2) is 77.8 Å². The number of benzene rings is 3. The molecule has 1 N–H and O–H groups in total. The van der Waals surface area contributed by atoms with Crippen molar-refractivity contribution in [3.05, 3.63) is 89.6 Å². The van der Waals surface area contributed by atoms with E-state index in [1.807, 2.05) is 30.3 Å². The van der Waals surface area contributed by atoms with Crippen molar-refractivity contribution in [2.75, 3.05) is 0 Å². The van der Waals surface area contributed by atoms with Gasteiger partial charge in [-0.25, -0.2) is 4.68 Å². The molecule has 0 unspecified atom stereocenters. The van der Waals surface area contributed by atoms with Gasteiger partial charge in [0, 0.05) is 22.2 Å². The minimum atomic E-state index is -4.37. The van der Waals surface area contributed by atoms with Crippen LogP contribution >= 0.6 is 11.8 Å². The van der Waals surface area contributed by atoms with Crippen molar-refractivity contribution in [2.45, 2.75) is 23.2 Å². The predicted octanol–water partition coefficient (Wildman–Crippen LogP) is 5.96. The molecule has 0 radical (unpaired) electrons. The first-order valence-electron chi connectivity index (χ1n) is 9.38. The molecule has 31 heavy (non-hydrogen) atoms. The van der Waals surface area contributed by atoms with Crippen LogP contribution < -0.4 is 0 Å². The Morgan fingerprint density at radius 3 is 2.35 bits per heavy atom. The monoisotopic (exact) mass is 442 g/mol. The Bertz CT molecular complexity index is 1220. The number of rotatable bonds is 6. The Morgan fingerprint density at radius 2 is 1.71 bits per heavy atom. The van der Waals surface area contributed by atoms with E-state index in [4.69, 9.17) is 5.11 Å². The third-order valence-corrected chi connectivity index (χ3v) is 5.81. The van der Waals surface area contributed by atoms with Gasteiger partial charge in [0.25, 0.3) is 0 Å². The number of fused-ring (bicyclic) bond motifs is 1. The molecule has 0 aliphatic carbocycles. The van der Waals surface area contributed by atoms with E-state index in [-0.39, 0.29) is 6.42 Å². The highest BCUT2D eigenvalue weighted by atomic mass is 32.2. The van der Waals surface area contributed by atoms with Crippen LogP contribution in [0.4, 0.5) is 13.2 Å². The number of halogens is 3. The number of carbonyl (C=O) groups is 1. The molecule has 8 heteroatoms. The van der Waals surface area contributed by atoms with Crippen LogP contribution in [0.5, 0.6) is 0 Å². The van der Waals surface area contributed by atoms with Gasteiger partial charge in [-0.15, -0.1) is 11.8 Å². The first-order chi connectivity index (χ1) is 14.8. The summed E-state index contributed by atoms with van der Waals surface area (Å²) in [6.07, 6.45) is -2.58. The molecule has 1 aromatic heterocycles. The van der Waals surface area contributed by atoms with Crippen molar-refractivity contribution in [2.24, 2.45) is 0 Å². The lowest BCUT2D eigenvalue weighted by Crippen LogP contribution is -2.05. The van der Waals surface area contributed by atoms with E-state index < -0.39 is 17.7 Å². The number of carboxylic acid groups (broad SMARTS) is 1. The van der Waals surface area contributed by atoms with Crippen molar-refractivity contribution in [3.8, 4) is 5.69 Å². The van der Waals surface area contributed by atoms with E-state index >= 15 is 0 Å². The Labute approximate surface area is 180 Å². The quantitative estimate of drug-likeness (QED) is 0.374. The van der Waals surface area contributed by atoms with Gasteiger partial charge in [0.2, 0.25) is 0 Å². The summed E-state index contributed by atoms with van der Waals surface area (Å²) in [6.45, 7) is 0. The molecule has 0 saturated heterocycles. The number of nitrogens with zero attached hydrogens (tertiary/aromatic N) is 2. The average molecular weight is 442 g/mol. The number of hydrogen-bond acceptors (Lipinski definition) is 3. The summed E-state index contributed by atoms with van der Waals surface area (Å²) in [5.74, 6) is -0.213. The molecule has 3 aromatic carbocycles. The van der Waals surface area contributed by atoms with Crippen LogP contribution in [0.3, 0.4) is 0 Å². The number of aromatic nitrogens is 2. The number of hydrogen-bond donors (Lipinski definition) is 1. The van der Waals surface area contributed by atoms with Crippen LogP contribution in [-0.4, -0.2) is 20.9 Å². The van der Waals surface area contributed by atoms with Gasteiger partial charge in [0.15, 0.2) is 0 Å². The van der Waals surface area contributed by atoms with Crippen molar-refractivity contribution in [1.29, 1.82) is 0 Å². The topological polar surface area (TPSA) is 55.1 Å². The maximum Gasteiger partial charge on any atom is 0.416 e. The lowest BCUT2D eigenvalue weighted by Gasteiger charge is -2.07. The fourth-order valence-electron chi connectivity index (χ4n) is 3.20. The second kappa shape index (κ2) is 8.47. The molecular formula is C23H17F3N2O2S. The van der Waals surface area contributed by atoms with Gasteiger partial charge in [-0.05, 0) is 47.5 Å². The second-order valence-electron chi connectivity index (χ2n) is 6.98. The normalized spacial score (nSPS) is 11.7. The largest absolute Gasteiger partial charge is 0.481 e. The minimum Gasteiger partial charge on any atom is -0.481 e. The van der Waals surface area contributed by atoms with Crippen molar-refractivity contribution < 1.29 is 23.1 Å². The standard InChI is InChI=1S/C23H17F3N2O2S/c24-23(25,26)18-6-8-19(9-7-18)28-13-16-2-1-3-17(22(16)27-28)14-31-20-10-4-15(5-11-20)12-21(29)30/h1-11,13H,12,14H2,(H,29,30). The molecule has 0 spiro atoms. The third-order valence-electron chi connectivity index (χ3n) is 4.75. The average Bonchev–Trinajstić information content (AvgIpc) is 3.17. The maximum absolute atomic E-state index is 12.8. The molecule has 0 amide bonds. The number of aliphatic carboxylic acids is 1. The van der Waals surface area contributed by atoms with E-state index in [2.05, 4.69) is 5.10 Å². The third kappa shape index (κ3) is 4.91. The van der Waals surface area contributed by atoms with E-state index in [1.165, 1.54) is 12.1 Å². The summed E-state index contributed by atoms with van der Waals surface area (Å²) in [5.41, 5.74) is 2.39. The molecule has 0 saturated carbocycles. The van der Waals surface area contributed by atoms with Crippen molar-refractivity contribution in [1.82, 2.24) is 9.78 Å². The summed E-state index contributed by atoms with van der Waals surface area (Å²) >= 11 is 1.60. The Morgan fingerprint density at radius 1 is 1.00 bits per heavy atom. The second-order valence-corrected chi connectivity index (χ2v) is 8.03. The van der Waals surface area contributed by atoms with Crippen LogP contribution in [0.25, 0.3) is 16.6 Å². The van der Waals surface area contributed by atoms with E-state index in [0.717, 1.165) is 39.1 Å². The zero-order chi connectivity index (χ0) is 22.0. The molecule has 0 aliphatic heterocycles. The maximum atomic E-state index is 12.8. The molecule has 4 nitrogen and oxygen atoms in total. The van der Waals surface area contributed by atoms with Gasteiger partial charge < -0.3 is 5.11 Å². The predicted molar refractivity (Wildman–Crippen MR) is 113 cm³/mol.